The second-order valence-electron chi connectivity index (χ2n) is 2.94. The highest BCUT2D eigenvalue weighted by atomic mass is 19.1. The molecule has 14 heavy (non-hydrogen) atoms. The van der Waals surface area contributed by atoms with Gasteiger partial charge < -0.3 is 5.32 Å². The highest BCUT2D eigenvalue weighted by molar-refractivity contribution is 5.36. The Labute approximate surface area is 81.4 Å². The molecule has 1 aromatic rings. The predicted octanol–water partition coefficient (Wildman–Crippen LogP) is 2.18. The highest BCUT2D eigenvalue weighted by Crippen LogP contribution is 2.12. The van der Waals surface area contributed by atoms with E-state index in [0.717, 1.165) is 12.3 Å². The van der Waals surface area contributed by atoms with Gasteiger partial charge in [-0.2, -0.15) is 0 Å². The minimum absolute atomic E-state index is 0.0224. The molecule has 0 fully saturated rings. The van der Waals surface area contributed by atoms with Crippen molar-refractivity contribution in [3.63, 3.8) is 0 Å². The Balaban J connectivity index is 2.73. The summed E-state index contributed by atoms with van der Waals surface area (Å²) in [6, 6.07) is 0.685. The summed E-state index contributed by atoms with van der Waals surface area (Å²) in [6.45, 7) is 1.80. The lowest BCUT2D eigenvalue weighted by Crippen LogP contribution is -2.16. The van der Waals surface area contributed by atoms with Crippen LogP contribution in [0.4, 0.5) is 14.6 Å². The molecule has 1 aromatic heterocycles. The number of anilines is 1. The van der Waals surface area contributed by atoms with E-state index < -0.39 is 11.6 Å². The van der Waals surface area contributed by atoms with Crippen LogP contribution in [-0.4, -0.2) is 11.0 Å². The SMILES string of the molecule is C#CCC(C)Nc1ncc(F)cc1F. The van der Waals surface area contributed by atoms with Gasteiger partial charge in [-0.25, -0.2) is 13.8 Å². The van der Waals surface area contributed by atoms with Gasteiger partial charge in [0.25, 0.3) is 0 Å². The van der Waals surface area contributed by atoms with E-state index in [1.54, 1.807) is 6.92 Å². The molecule has 0 aliphatic heterocycles. The summed E-state index contributed by atoms with van der Waals surface area (Å²) in [7, 11) is 0. The summed E-state index contributed by atoms with van der Waals surface area (Å²) in [5, 5.41) is 2.74. The van der Waals surface area contributed by atoms with Gasteiger partial charge in [-0.3, -0.25) is 0 Å². The number of aromatic nitrogens is 1. The molecule has 0 aliphatic rings. The number of rotatable bonds is 3. The molecule has 4 heteroatoms. The lowest BCUT2D eigenvalue weighted by molar-refractivity contribution is 0.573. The van der Waals surface area contributed by atoms with Gasteiger partial charge in [0.1, 0.15) is 5.82 Å². The van der Waals surface area contributed by atoms with Gasteiger partial charge in [0.05, 0.1) is 6.20 Å². The highest BCUT2D eigenvalue weighted by Gasteiger charge is 2.07. The summed E-state index contributed by atoms with van der Waals surface area (Å²) in [6.07, 6.45) is 6.49. The van der Waals surface area contributed by atoms with Gasteiger partial charge in [0.15, 0.2) is 11.6 Å². The van der Waals surface area contributed by atoms with Crippen molar-refractivity contribution in [2.24, 2.45) is 0 Å². The van der Waals surface area contributed by atoms with Crippen LogP contribution in [0.2, 0.25) is 0 Å². The third-order valence-electron chi connectivity index (χ3n) is 1.61. The topological polar surface area (TPSA) is 24.9 Å². The Bertz CT molecular complexity index is 358. The number of terminal acetylenes is 1. The molecular weight excluding hydrogens is 186 g/mol. The van der Waals surface area contributed by atoms with Gasteiger partial charge in [0.2, 0.25) is 0 Å². The van der Waals surface area contributed by atoms with Crippen LogP contribution in [0.25, 0.3) is 0 Å². The fraction of sp³-hybridized carbons (Fsp3) is 0.300. The van der Waals surface area contributed by atoms with E-state index in [9.17, 15) is 8.78 Å². The zero-order valence-electron chi connectivity index (χ0n) is 7.72. The van der Waals surface area contributed by atoms with Crippen LogP contribution in [-0.2, 0) is 0 Å². The minimum atomic E-state index is -0.714. The van der Waals surface area contributed by atoms with E-state index in [0.29, 0.717) is 6.42 Å². The summed E-state index contributed by atoms with van der Waals surface area (Å²) < 4.78 is 25.5. The van der Waals surface area contributed by atoms with Crippen molar-refractivity contribution < 1.29 is 8.78 Å². The van der Waals surface area contributed by atoms with Crippen molar-refractivity contribution >= 4 is 5.82 Å². The number of nitrogens with zero attached hydrogens (tertiary/aromatic N) is 1. The predicted molar refractivity (Wildman–Crippen MR) is 50.7 cm³/mol. The molecule has 0 saturated carbocycles. The molecule has 2 nitrogen and oxygen atoms in total. The molecule has 0 radical (unpaired) electrons. The van der Waals surface area contributed by atoms with Gasteiger partial charge >= 0.3 is 0 Å². The smallest absolute Gasteiger partial charge is 0.168 e. The Morgan fingerprint density at radius 3 is 2.93 bits per heavy atom. The largest absolute Gasteiger partial charge is 0.364 e. The van der Waals surface area contributed by atoms with Crippen LogP contribution in [0.3, 0.4) is 0 Å². The maximum atomic E-state index is 13.0. The average molecular weight is 196 g/mol. The van der Waals surface area contributed by atoms with Crippen LogP contribution in [0.15, 0.2) is 12.3 Å². The number of halogens is 2. The van der Waals surface area contributed by atoms with E-state index in [1.807, 2.05) is 0 Å². The van der Waals surface area contributed by atoms with Gasteiger partial charge in [-0.15, -0.1) is 12.3 Å². The number of hydrogen-bond acceptors (Lipinski definition) is 2. The summed E-state index contributed by atoms with van der Waals surface area (Å²) in [5.41, 5.74) is 0. The third kappa shape index (κ3) is 2.70. The zero-order chi connectivity index (χ0) is 10.6. The van der Waals surface area contributed by atoms with Crippen molar-refractivity contribution in [3.05, 3.63) is 23.9 Å². The first-order valence-corrected chi connectivity index (χ1v) is 4.14. The standard InChI is InChI=1S/C10H10F2N2/c1-3-4-7(2)14-10-9(12)5-8(11)6-13-10/h1,5-7H,4H2,2H3,(H,13,14). The van der Waals surface area contributed by atoms with Crippen molar-refractivity contribution in [2.45, 2.75) is 19.4 Å². The van der Waals surface area contributed by atoms with Crippen molar-refractivity contribution in [2.75, 3.05) is 5.32 Å². The molecule has 1 N–H and O–H groups in total. The maximum Gasteiger partial charge on any atom is 0.168 e. The van der Waals surface area contributed by atoms with Crippen molar-refractivity contribution in [1.29, 1.82) is 0 Å². The lowest BCUT2D eigenvalue weighted by Gasteiger charge is -2.11. The van der Waals surface area contributed by atoms with E-state index in [2.05, 4.69) is 16.2 Å². The molecule has 0 bridgehead atoms. The van der Waals surface area contributed by atoms with Crippen molar-refractivity contribution in [3.8, 4) is 12.3 Å². The molecule has 0 saturated heterocycles. The lowest BCUT2D eigenvalue weighted by atomic mass is 10.2. The molecule has 74 valence electrons. The summed E-state index contributed by atoms with van der Waals surface area (Å²) in [5.74, 6) is 1.04. The average Bonchev–Trinajstić information content (AvgIpc) is 2.10. The minimum Gasteiger partial charge on any atom is -0.364 e. The molecule has 0 amide bonds. The summed E-state index contributed by atoms with van der Waals surface area (Å²) in [4.78, 5) is 3.57. The second kappa shape index (κ2) is 4.56. The molecule has 1 heterocycles. The molecule has 0 spiro atoms. The Morgan fingerprint density at radius 2 is 2.36 bits per heavy atom. The number of pyridine rings is 1. The van der Waals surface area contributed by atoms with Gasteiger partial charge in [-0.1, -0.05) is 0 Å². The fourth-order valence-corrected chi connectivity index (χ4v) is 0.982. The van der Waals surface area contributed by atoms with Gasteiger partial charge in [-0.05, 0) is 6.92 Å². The molecule has 1 atom stereocenters. The molecule has 1 unspecified atom stereocenters. The first-order valence-electron chi connectivity index (χ1n) is 4.14. The maximum absolute atomic E-state index is 13.0. The second-order valence-corrected chi connectivity index (χ2v) is 2.94. The number of nitrogens with one attached hydrogen (secondary N) is 1. The first kappa shape index (κ1) is 10.5. The first-order chi connectivity index (χ1) is 6.63. The Hall–Kier alpha value is -1.63. The van der Waals surface area contributed by atoms with E-state index in [4.69, 9.17) is 6.42 Å². The van der Waals surface area contributed by atoms with Crippen LogP contribution < -0.4 is 5.32 Å². The van der Waals surface area contributed by atoms with Crippen LogP contribution in [0.1, 0.15) is 13.3 Å². The molecule has 0 aliphatic carbocycles. The normalized spacial score (nSPS) is 11.9. The molecular formula is C10H10F2N2. The van der Waals surface area contributed by atoms with Crippen LogP contribution >= 0.6 is 0 Å². The molecule has 0 aromatic carbocycles. The Morgan fingerprint density at radius 1 is 1.64 bits per heavy atom. The van der Waals surface area contributed by atoms with E-state index >= 15 is 0 Å². The molecule has 1 rings (SSSR count). The zero-order valence-corrected chi connectivity index (χ0v) is 7.72. The van der Waals surface area contributed by atoms with E-state index in [1.165, 1.54) is 0 Å². The Kier molecular flexibility index (Phi) is 3.41. The fourth-order valence-electron chi connectivity index (χ4n) is 0.982. The van der Waals surface area contributed by atoms with Crippen LogP contribution in [0.5, 0.6) is 0 Å². The van der Waals surface area contributed by atoms with Crippen molar-refractivity contribution in [1.82, 2.24) is 4.98 Å². The number of hydrogen-bond donors (Lipinski definition) is 1. The summed E-state index contributed by atoms with van der Waals surface area (Å²) >= 11 is 0. The van der Waals surface area contributed by atoms with Gasteiger partial charge in [0, 0.05) is 18.5 Å². The third-order valence-corrected chi connectivity index (χ3v) is 1.61. The quantitative estimate of drug-likeness (QED) is 0.749. The van der Waals surface area contributed by atoms with E-state index in [-0.39, 0.29) is 11.9 Å². The van der Waals surface area contributed by atoms with Crippen LogP contribution in [0, 0.1) is 24.0 Å². The monoisotopic (exact) mass is 196 g/mol.